The summed E-state index contributed by atoms with van der Waals surface area (Å²) in [5.41, 5.74) is 0.690. The van der Waals surface area contributed by atoms with Crippen molar-refractivity contribution in [3.05, 3.63) is 35.9 Å². The second-order valence-corrected chi connectivity index (χ2v) is 8.86. The lowest BCUT2D eigenvalue weighted by Gasteiger charge is -2.33. The van der Waals surface area contributed by atoms with Crippen LogP contribution in [0.5, 0.6) is 5.75 Å². The zero-order valence-electron chi connectivity index (χ0n) is 17.9. The number of fused-ring (bicyclic) bond motifs is 2. The second kappa shape index (κ2) is 8.32. The minimum atomic E-state index is -0.792. The molecule has 5 rings (SSSR count). The number of nitrogens with zero attached hydrogens (tertiary/aromatic N) is 4. The maximum Gasteiger partial charge on any atom is 0.291 e. The molecule has 0 spiro atoms. The number of ether oxygens (including phenoxy) is 1. The molecule has 0 bridgehead atoms. The molecule has 2 aliphatic heterocycles. The molecular weight excluding hydrogens is 394 g/mol. The van der Waals surface area contributed by atoms with Crippen LogP contribution in [0.2, 0.25) is 0 Å². The number of aromatic nitrogens is 3. The van der Waals surface area contributed by atoms with Gasteiger partial charge in [0.1, 0.15) is 24.2 Å². The maximum atomic E-state index is 13.0. The highest BCUT2D eigenvalue weighted by atomic mass is 16.5. The fourth-order valence-corrected chi connectivity index (χ4v) is 5.21. The Kier molecular flexibility index (Phi) is 5.38. The van der Waals surface area contributed by atoms with Gasteiger partial charge in [-0.15, -0.1) is 5.10 Å². The summed E-state index contributed by atoms with van der Waals surface area (Å²) >= 11 is 0. The number of amides is 2. The van der Waals surface area contributed by atoms with Crippen molar-refractivity contribution in [2.75, 3.05) is 18.6 Å². The van der Waals surface area contributed by atoms with E-state index in [1.54, 1.807) is 7.05 Å². The topological polar surface area (TPSA) is 89.4 Å². The first-order valence-electron chi connectivity index (χ1n) is 11.4. The Morgan fingerprint density at radius 2 is 1.94 bits per heavy atom. The lowest BCUT2D eigenvalue weighted by atomic mass is 9.81. The van der Waals surface area contributed by atoms with E-state index in [1.165, 1.54) is 37.0 Å². The average Bonchev–Trinajstić information content (AvgIpc) is 3.22. The Hall–Kier alpha value is -2.90. The molecule has 2 atom stereocenters. The fourth-order valence-electron chi connectivity index (χ4n) is 5.21. The summed E-state index contributed by atoms with van der Waals surface area (Å²) in [6.07, 6.45) is 9.35. The van der Waals surface area contributed by atoms with Gasteiger partial charge in [-0.25, -0.2) is 9.67 Å². The van der Waals surface area contributed by atoms with E-state index in [0.29, 0.717) is 23.4 Å². The first-order valence-corrected chi connectivity index (χ1v) is 11.4. The van der Waals surface area contributed by atoms with Gasteiger partial charge in [0.2, 0.25) is 5.82 Å². The number of hydrogen-bond acceptors (Lipinski definition) is 5. The number of carbonyl (C=O) groups excluding carboxylic acids is 2. The number of carbonyl (C=O) groups is 2. The number of likely N-dealkylation sites (N-methyl/N-ethyl adjacent to an activating group) is 1. The van der Waals surface area contributed by atoms with Crippen LogP contribution in [0, 0.1) is 5.92 Å². The zero-order valence-corrected chi connectivity index (χ0v) is 17.9. The molecule has 8 nitrogen and oxygen atoms in total. The van der Waals surface area contributed by atoms with Crippen LogP contribution in [-0.4, -0.2) is 46.3 Å². The highest BCUT2D eigenvalue weighted by Crippen LogP contribution is 2.38. The summed E-state index contributed by atoms with van der Waals surface area (Å²) in [4.78, 5) is 32.0. The number of nitrogens with one attached hydrogen (secondary N) is 1. The molecule has 1 saturated carbocycles. The quantitative estimate of drug-likeness (QED) is 0.820. The molecule has 0 saturated heterocycles. The number of para-hydroxylation sites is 2. The summed E-state index contributed by atoms with van der Waals surface area (Å²) < 4.78 is 7.79. The Bertz CT molecular complexity index is 981. The number of rotatable bonds is 3. The predicted molar refractivity (Wildman–Crippen MR) is 115 cm³/mol. The molecule has 2 amide bonds. The van der Waals surface area contributed by atoms with E-state index in [9.17, 15) is 9.59 Å². The van der Waals surface area contributed by atoms with Crippen LogP contribution in [0.25, 0.3) is 0 Å². The minimum absolute atomic E-state index is 0.0736. The van der Waals surface area contributed by atoms with Gasteiger partial charge in [-0.05, 0) is 43.7 Å². The third-order valence-corrected chi connectivity index (χ3v) is 6.88. The van der Waals surface area contributed by atoms with Crippen LogP contribution in [-0.2, 0) is 11.2 Å². The van der Waals surface area contributed by atoms with Gasteiger partial charge in [0, 0.05) is 13.5 Å². The summed E-state index contributed by atoms with van der Waals surface area (Å²) in [5, 5.41) is 7.41. The standard InChI is InChI=1S/C23H29N5O3/c1-27-18-10-5-6-12-19(18)31-14-16(23(27)30)24-22(29)21-25-20-13-7-11-17(28(20)26-21)15-8-3-2-4-9-15/h5-6,10,12,15-17H,2-4,7-9,11,13-14H2,1H3,(H,24,29). The van der Waals surface area contributed by atoms with Crippen LogP contribution in [0.4, 0.5) is 5.69 Å². The molecule has 31 heavy (non-hydrogen) atoms. The molecule has 2 unspecified atom stereocenters. The van der Waals surface area contributed by atoms with E-state index in [2.05, 4.69) is 15.4 Å². The average molecular weight is 424 g/mol. The maximum absolute atomic E-state index is 13.0. The summed E-state index contributed by atoms with van der Waals surface area (Å²) in [7, 11) is 1.69. The molecule has 1 aromatic heterocycles. The Balaban J connectivity index is 1.32. The van der Waals surface area contributed by atoms with E-state index in [1.807, 2.05) is 28.9 Å². The molecule has 0 radical (unpaired) electrons. The van der Waals surface area contributed by atoms with Crippen molar-refractivity contribution in [1.29, 1.82) is 0 Å². The second-order valence-electron chi connectivity index (χ2n) is 8.86. The van der Waals surface area contributed by atoms with Crippen LogP contribution in [0.1, 0.15) is 67.4 Å². The lowest BCUT2D eigenvalue weighted by Crippen LogP contribution is -2.49. The van der Waals surface area contributed by atoms with Crippen molar-refractivity contribution in [1.82, 2.24) is 20.1 Å². The van der Waals surface area contributed by atoms with Gasteiger partial charge in [0.05, 0.1) is 11.7 Å². The fraction of sp³-hybridized carbons (Fsp3) is 0.565. The van der Waals surface area contributed by atoms with Gasteiger partial charge in [0.25, 0.3) is 11.8 Å². The number of aryl methyl sites for hydroxylation is 1. The Labute approximate surface area is 182 Å². The van der Waals surface area contributed by atoms with Crippen LogP contribution < -0.4 is 15.0 Å². The van der Waals surface area contributed by atoms with Crippen LogP contribution in [0.15, 0.2) is 24.3 Å². The van der Waals surface area contributed by atoms with Crippen molar-refractivity contribution < 1.29 is 14.3 Å². The van der Waals surface area contributed by atoms with Crippen molar-refractivity contribution in [3.8, 4) is 5.75 Å². The monoisotopic (exact) mass is 423 g/mol. The van der Waals surface area contributed by atoms with Gasteiger partial charge in [-0.3, -0.25) is 9.59 Å². The first-order chi connectivity index (χ1) is 15.1. The molecule has 3 heterocycles. The van der Waals surface area contributed by atoms with Gasteiger partial charge in [-0.2, -0.15) is 0 Å². The zero-order chi connectivity index (χ0) is 21.4. The van der Waals surface area contributed by atoms with Crippen molar-refractivity contribution in [2.45, 2.75) is 63.5 Å². The minimum Gasteiger partial charge on any atom is -0.489 e. The summed E-state index contributed by atoms with van der Waals surface area (Å²) in [6, 6.07) is 6.90. The lowest BCUT2D eigenvalue weighted by molar-refractivity contribution is -0.120. The van der Waals surface area contributed by atoms with Gasteiger partial charge >= 0.3 is 0 Å². The number of hydrogen-bond donors (Lipinski definition) is 1. The smallest absolute Gasteiger partial charge is 0.291 e. The van der Waals surface area contributed by atoms with E-state index in [4.69, 9.17) is 4.74 Å². The number of benzene rings is 1. The molecule has 1 N–H and O–H groups in total. The predicted octanol–water partition coefficient (Wildman–Crippen LogP) is 2.89. The molecule has 1 fully saturated rings. The SMILES string of the molecule is CN1C(=O)C(NC(=O)c2nc3n(n2)C(C2CCCCC2)CCC3)COc2ccccc21. The molecule has 3 aliphatic rings. The van der Waals surface area contributed by atoms with E-state index < -0.39 is 11.9 Å². The molecular formula is C23H29N5O3. The third-order valence-electron chi connectivity index (χ3n) is 6.88. The van der Waals surface area contributed by atoms with Gasteiger partial charge in [0.15, 0.2) is 0 Å². The van der Waals surface area contributed by atoms with Crippen LogP contribution in [0.3, 0.4) is 0 Å². The number of anilines is 1. The largest absolute Gasteiger partial charge is 0.489 e. The van der Waals surface area contributed by atoms with E-state index in [-0.39, 0.29) is 18.3 Å². The summed E-state index contributed by atoms with van der Waals surface area (Å²) in [6.45, 7) is 0.0736. The van der Waals surface area contributed by atoms with Crippen molar-refractivity contribution in [2.24, 2.45) is 5.92 Å². The summed E-state index contributed by atoms with van der Waals surface area (Å²) in [5.74, 6) is 1.64. The van der Waals surface area contributed by atoms with E-state index >= 15 is 0 Å². The molecule has 2 aromatic rings. The van der Waals surface area contributed by atoms with E-state index in [0.717, 1.165) is 25.1 Å². The van der Waals surface area contributed by atoms with Crippen molar-refractivity contribution >= 4 is 17.5 Å². The third kappa shape index (κ3) is 3.79. The normalized spacial score (nSPS) is 24.0. The Morgan fingerprint density at radius 1 is 1.13 bits per heavy atom. The molecule has 1 aliphatic carbocycles. The molecule has 8 heteroatoms. The van der Waals surface area contributed by atoms with Gasteiger partial charge < -0.3 is 15.0 Å². The Morgan fingerprint density at radius 3 is 2.77 bits per heavy atom. The first kappa shape index (κ1) is 20.0. The van der Waals surface area contributed by atoms with Crippen molar-refractivity contribution in [3.63, 3.8) is 0 Å². The molecule has 164 valence electrons. The highest BCUT2D eigenvalue weighted by molar-refractivity contribution is 6.02. The molecule has 1 aromatic carbocycles. The van der Waals surface area contributed by atoms with Gasteiger partial charge in [-0.1, -0.05) is 31.4 Å². The highest BCUT2D eigenvalue weighted by Gasteiger charge is 2.34. The van der Waals surface area contributed by atoms with Crippen LogP contribution >= 0.6 is 0 Å².